The molecule has 0 unspecified atom stereocenters. The highest BCUT2D eigenvalue weighted by atomic mass is 16.4. The molecule has 3 atom stereocenters. The molecule has 0 aliphatic carbocycles. The number of aliphatic hydroxyl groups excluding tert-OH is 3. The maximum atomic E-state index is 9.40. The number of piperidine rings is 1. The Morgan fingerprint density at radius 3 is 2.55 bits per heavy atom. The van der Waals surface area contributed by atoms with Crippen molar-refractivity contribution >= 4 is 0 Å². The Balaban J connectivity index is 2.64. The molecule has 0 aromatic rings. The lowest BCUT2D eigenvalue weighted by molar-refractivity contribution is -0.158. The van der Waals surface area contributed by atoms with Crippen molar-refractivity contribution in [1.29, 1.82) is 0 Å². The molecule has 1 saturated heterocycles. The largest absolute Gasteiger partial charge is 0.393 e. The molecule has 0 aromatic heterocycles. The summed E-state index contributed by atoms with van der Waals surface area (Å²) < 4.78 is 0. The molecule has 1 aliphatic rings. The molecule has 66 valence electrons. The zero-order valence-electron chi connectivity index (χ0n) is 6.06. The van der Waals surface area contributed by atoms with Gasteiger partial charge in [0.2, 0.25) is 0 Å². The van der Waals surface area contributed by atoms with E-state index >= 15 is 0 Å². The number of aliphatic hydroxyl groups is 4. The number of hydrogen-bond acceptors (Lipinski definition) is 5. The van der Waals surface area contributed by atoms with Crippen molar-refractivity contribution in [2.45, 2.75) is 17.8 Å². The van der Waals surface area contributed by atoms with E-state index in [4.69, 9.17) is 10.2 Å². The Morgan fingerprint density at radius 2 is 2.09 bits per heavy atom. The van der Waals surface area contributed by atoms with Crippen LogP contribution in [0.25, 0.3) is 0 Å². The lowest BCUT2D eigenvalue weighted by Crippen LogP contribution is -2.64. The molecule has 0 aromatic carbocycles. The minimum Gasteiger partial charge on any atom is -0.393 e. The van der Waals surface area contributed by atoms with Gasteiger partial charge in [0.25, 0.3) is 0 Å². The lowest BCUT2D eigenvalue weighted by Gasteiger charge is -2.38. The average molecular weight is 163 g/mol. The molecule has 1 fully saturated rings. The summed E-state index contributed by atoms with van der Waals surface area (Å²) in [6.07, 6.45) is -2.28. The molecule has 5 nitrogen and oxygen atoms in total. The third kappa shape index (κ3) is 1.52. The Kier molecular flexibility index (Phi) is 2.46. The van der Waals surface area contributed by atoms with Crippen molar-refractivity contribution in [3.05, 3.63) is 0 Å². The predicted octanol–water partition coefficient (Wildman–Crippen LogP) is -2.97. The van der Waals surface area contributed by atoms with E-state index in [0.29, 0.717) is 0 Å². The topological polar surface area (TPSA) is 93.0 Å². The van der Waals surface area contributed by atoms with Crippen molar-refractivity contribution < 1.29 is 20.4 Å². The summed E-state index contributed by atoms with van der Waals surface area (Å²) in [7, 11) is 0. The van der Waals surface area contributed by atoms with E-state index in [1.807, 2.05) is 0 Å². The van der Waals surface area contributed by atoms with Crippen LogP contribution in [0.15, 0.2) is 0 Å². The second kappa shape index (κ2) is 3.04. The van der Waals surface area contributed by atoms with Gasteiger partial charge in [-0.25, -0.2) is 0 Å². The molecule has 0 radical (unpaired) electrons. The van der Waals surface area contributed by atoms with Crippen LogP contribution in [0.5, 0.6) is 0 Å². The second-order valence-corrected chi connectivity index (χ2v) is 2.90. The van der Waals surface area contributed by atoms with Crippen molar-refractivity contribution in [3.8, 4) is 0 Å². The molecule has 1 aliphatic heterocycles. The number of hydrogen-bond donors (Lipinski definition) is 5. The van der Waals surface area contributed by atoms with Crippen molar-refractivity contribution in [2.24, 2.45) is 0 Å². The van der Waals surface area contributed by atoms with Gasteiger partial charge in [-0.3, -0.25) is 0 Å². The third-order valence-electron chi connectivity index (χ3n) is 1.97. The zero-order chi connectivity index (χ0) is 8.48. The van der Waals surface area contributed by atoms with Gasteiger partial charge < -0.3 is 25.7 Å². The number of rotatable bonds is 1. The lowest BCUT2D eigenvalue weighted by atomic mass is 9.90. The first-order valence-electron chi connectivity index (χ1n) is 3.50. The van der Waals surface area contributed by atoms with Crippen LogP contribution < -0.4 is 5.32 Å². The maximum absolute atomic E-state index is 9.40. The Morgan fingerprint density at radius 1 is 1.45 bits per heavy atom. The molecule has 1 rings (SSSR count). The molecule has 1 heterocycles. The van der Waals surface area contributed by atoms with Crippen LogP contribution >= 0.6 is 0 Å². The summed E-state index contributed by atoms with van der Waals surface area (Å²) in [5, 5.41) is 39.0. The normalized spacial score (nSPS) is 45.8. The van der Waals surface area contributed by atoms with Crippen LogP contribution in [0.4, 0.5) is 0 Å². The van der Waals surface area contributed by atoms with Gasteiger partial charge in [-0.15, -0.1) is 0 Å². The van der Waals surface area contributed by atoms with Crippen LogP contribution in [0, 0.1) is 0 Å². The minimum absolute atomic E-state index is 0.0989. The Hall–Kier alpha value is -0.200. The van der Waals surface area contributed by atoms with E-state index in [-0.39, 0.29) is 13.1 Å². The molecule has 0 amide bonds. The quantitative estimate of drug-likeness (QED) is 0.285. The first-order valence-corrected chi connectivity index (χ1v) is 3.50. The molecule has 11 heavy (non-hydrogen) atoms. The first-order chi connectivity index (χ1) is 5.10. The highest BCUT2D eigenvalue weighted by molar-refractivity contribution is 4.96. The summed E-state index contributed by atoms with van der Waals surface area (Å²) in [6.45, 7) is -0.219. The van der Waals surface area contributed by atoms with E-state index < -0.39 is 24.4 Å². The van der Waals surface area contributed by atoms with Gasteiger partial charge in [0, 0.05) is 13.1 Å². The van der Waals surface area contributed by atoms with E-state index in [1.54, 1.807) is 0 Å². The van der Waals surface area contributed by atoms with Gasteiger partial charge in [0.15, 0.2) is 0 Å². The van der Waals surface area contributed by atoms with Crippen LogP contribution in [-0.2, 0) is 0 Å². The summed E-state index contributed by atoms with van der Waals surface area (Å²) in [6, 6.07) is 0. The fourth-order valence-electron chi connectivity index (χ4n) is 1.16. The van der Waals surface area contributed by atoms with E-state index in [2.05, 4.69) is 5.32 Å². The summed E-state index contributed by atoms with van der Waals surface area (Å²) in [5.41, 5.74) is -1.60. The Bertz CT molecular complexity index is 143. The molecular weight excluding hydrogens is 150 g/mol. The van der Waals surface area contributed by atoms with Gasteiger partial charge in [0.1, 0.15) is 11.7 Å². The van der Waals surface area contributed by atoms with Gasteiger partial charge in [-0.05, 0) is 0 Å². The van der Waals surface area contributed by atoms with Crippen LogP contribution in [0.3, 0.4) is 0 Å². The standard InChI is InChI=1S/C6H13NO4/c8-3-6(11)2-7-1-4(9)5(6)10/h4-5,7-11H,1-3H2/t4-,5-,6+/m0/s1. The molecule has 0 bridgehead atoms. The smallest absolute Gasteiger partial charge is 0.128 e. The molecule has 5 heteroatoms. The highest BCUT2D eigenvalue weighted by Crippen LogP contribution is 2.15. The number of nitrogens with one attached hydrogen (secondary N) is 1. The maximum Gasteiger partial charge on any atom is 0.128 e. The predicted molar refractivity (Wildman–Crippen MR) is 36.9 cm³/mol. The molecular formula is C6H13NO4. The van der Waals surface area contributed by atoms with E-state index in [0.717, 1.165) is 0 Å². The van der Waals surface area contributed by atoms with E-state index in [9.17, 15) is 10.2 Å². The highest BCUT2D eigenvalue weighted by Gasteiger charge is 2.42. The summed E-state index contributed by atoms with van der Waals surface area (Å²) in [5.74, 6) is 0. The van der Waals surface area contributed by atoms with E-state index in [1.165, 1.54) is 0 Å². The van der Waals surface area contributed by atoms with Crippen molar-refractivity contribution in [3.63, 3.8) is 0 Å². The fourth-order valence-corrected chi connectivity index (χ4v) is 1.16. The first kappa shape index (κ1) is 8.89. The third-order valence-corrected chi connectivity index (χ3v) is 1.97. The van der Waals surface area contributed by atoms with Gasteiger partial charge >= 0.3 is 0 Å². The van der Waals surface area contributed by atoms with Crippen LogP contribution in [0.1, 0.15) is 0 Å². The summed E-state index contributed by atoms with van der Waals surface area (Å²) in [4.78, 5) is 0. The fraction of sp³-hybridized carbons (Fsp3) is 1.00. The SMILES string of the molecule is OC[C@]1(O)CNC[C@H](O)[C@@H]1O. The molecule has 0 spiro atoms. The number of β-amino-alcohol motifs (C(OH)–C–C–N with tert-alkyl or cyclic N) is 2. The van der Waals surface area contributed by atoms with Gasteiger partial charge in [-0.2, -0.15) is 0 Å². The van der Waals surface area contributed by atoms with Gasteiger partial charge in [0.05, 0.1) is 12.7 Å². The van der Waals surface area contributed by atoms with Crippen LogP contribution in [0.2, 0.25) is 0 Å². The molecule has 5 N–H and O–H groups in total. The summed E-state index contributed by atoms with van der Waals surface area (Å²) >= 11 is 0. The van der Waals surface area contributed by atoms with Crippen molar-refractivity contribution in [2.75, 3.05) is 19.7 Å². The average Bonchev–Trinajstić information content (AvgIpc) is 2.00. The Labute approximate surface area is 64.3 Å². The second-order valence-electron chi connectivity index (χ2n) is 2.90. The van der Waals surface area contributed by atoms with Gasteiger partial charge in [-0.1, -0.05) is 0 Å². The van der Waals surface area contributed by atoms with Crippen LogP contribution in [-0.4, -0.2) is 57.9 Å². The molecule has 0 saturated carbocycles. The minimum atomic E-state index is -1.60. The monoisotopic (exact) mass is 163 g/mol. The van der Waals surface area contributed by atoms with Crippen molar-refractivity contribution in [1.82, 2.24) is 5.32 Å². The zero-order valence-corrected chi connectivity index (χ0v) is 6.06.